The fourth-order valence-electron chi connectivity index (χ4n) is 1.56. The minimum atomic E-state index is -0.112. The van der Waals surface area contributed by atoms with Crippen LogP contribution in [-0.2, 0) is 0 Å². The Hall–Kier alpha value is -0.730. The molecule has 3 heteroatoms. The summed E-state index contributed by atoms with van der Waals surface area (Å²) in [6, 6.07) is 7.48. The molecule has 0 heterocycles. The summed E-state index contributed by atoms with van der Waals surface area (Å²) in [5.41, 5.74) is 5.92. The molecule has 0 bridgehead atoms. The van der Waals surface area contributed by atoms with Gasteiger partial charge in [-0.25, -0.2) is 0 Å². The number of hydrogen-bond donors (Lipinski definition) is 1. The van der Waals surface area contributed by atoms with E-state index in [4.69, 9.17) is 22.1 Å². The SMILES string of the molecule is NC1(COc2ccccc2Cl)CCC1. The van der Waals surface area contributed by atoms with E-state index >= 15 is 0 Å². The Morgan fingerprint density at radius 3 is 2.64 bits per heavy atom. The lowest BCUT2D eigenvalue weighted by molar-refractivity contribution is 0.142. The van der Waals surface area contributed by atoms with Crippen molar-refractivity contribution in [3.63, 3.8) is 0 Å². The third kappa shape index (κ3) is 2.02. The Labute approximate surface area is 89.0 Å². The van der Waals surface area contributed by atoms with Crippen LogP contribution in [0.15, 0.2) is 24.3 Å². The first kappa shape index (κ1) is 9.81. The largest absolute Gasteiger partial charge is 0.490 e. The number of benzene rings is 1. The fraction of sp³-hybridized carbons (Fsp3) is 0.455. The van der Waals surface area contributed by atoms with E-state index in [-0.39, 0.29) is 5.54 Å². The van der Waals surface area contributed by atoms with Crippen molar-refractivity contribution in [1.29, 1.82) is 0 Å². The number of halogens is 1. The van der Waals surface area contributed by atoms with Crippen molar-refractivity contribution in [3.8, 4) is 5.75 Å². The Bertz CT molecular complexity index is 323. The van der Waals surface area contributed by atoms with Crippen LogP contribution in [0.2, 0.25) is 5.02 Å². The molecule has 1 saturated carbocycles. The fourth-order valence-corrected chi connectivity index (χ4v) is 1.75. The van der Waals surface area contributed by atoms with Gasteiger partial charge in [-0.3, -0.25) is 0 Å². The molecule has 1 aliphatic carbocycles. The van der Waals surface area contributed by atoms with Crippen LogP contribution in [-0.4, -0.2) is 12.1 Å². The van der Waals surface area contributed by atoms with Gasteiger partial charge in [-0.05, 0) is 31.4 Å². The molecule has 1 aliphatic rings. The van der Waals surface area contributed by atoms with Gasteiger partial charge >= 0.3 is 0 Å². The lowest BCUT2D eigenvalue weighted by Crippen LogP contribution is -2.51. The van der Waals surface area contributed by atoms with Gasteiger partial charge in [-0.1, -0.05) is 23.7 Å². The van der Waals surface area contributed by atoms with Crippen molar-refractivity contribution in [2.24, 2.45) is 5.73 Å². The maximum absolute atomic E-state index is 6.03. The van der Waals surface area contributed by atoms with Crippen molar-refractivity contribution in [2.75, 3.05) is 6.61 Å². The predicted octanol–water partition coefficient (Wildman–Crippen LogP) is 2.60. The Kier molecular flexibility index (Phi) is 2.66. The zero-order valence-electron chi connectivity index (χ0n) is 8.00. The van der Waals surface area contributed by atoms with E-state index in [0.29, 0.717) is 11.6 Å². The van der Waals surface area contributed by atoms with Crippen molar-refractivity contribution < 1.29 is 4.74 Å². The first-order valence-corrected chi connectivity index (χ1v) is 5.24. The number of hydrogen-bond acceptors (Lipinski definition) is 2. The summed E-state index contributed by atoms with van der Waals surface area (Å²) in [6.45, 7) is 0.566. The van der Waals surface area contributed by atoms with E-state index in [1.54, 1.807) is 0 Å². The van der Waals surface area contributed by atoms with E-state index in [2.05, 4.69) is 0 Å². The van der Waals surface area contributed by atoms with Crippen molar-refractivity contribution in [3.05, 3.63) is 29.3 Å². The summed E-state index contributed by atoms with van der Waals surface area (Å²) in [6.07, 6.45) is 3.32. The zero-order chi connectivity index (χ0) is 10.0. The Morgan fingerprint density at radius 1 is 1.36 bits per heavy atom. The zero-order valence-corrected chi connectivity index (χ0v) is 8.76. The molecule has 2 nitrogen and oxygen atoms in total. The molecule has 0 aromatic heterocycles. The van der Waals surface area contributed by atoms with Crippen LogP contribution < -0.4 is 10.5 Å². The van der Waals surface area contributed by atoms with Crippen LogP contribution in [0.3, 0.4) is 0 Å². The molecule has 2 rings (SSSR count). The van der Waals surface area contributed by atoms with E-state index in [9.17, 15) is 0 Å². The average Bonchev–Trinajstić information content (AvgIpc) is 2.14. The summed E-state index contributed by atoms with van der Waals surface area (Å²) < 4.78 is 5.59. The Balaban J connectivity index is 1.95. The topological polar surface area (TPSA) is 35.2 Å². The van der Waals surface area contributed by atoms with Gasteiger partial charge in [0.25, 0.3) is 0 Å². The molecular formula is C11H14ClNO. The summed E-state index contributed by atoms with van der Waals surface area (Å²) in [7, 11) is 0. The number of rotatable bonds is 3. The van der Waals surface area contributed by atoms with Gasteiger partial charge in [0.05, 0.1) is 10.6 Å². The molecule has 0 atom stereocenters. The lowest BCUT2D eigenvalue weighted by atomic mass is 9.78. The number of para-hydroxylation sites is 1. The maximum atomic E-state index is 6.03. The van der Waals surface area contributed by atoms with Crippen LogP contribution in [0.5, 0.6) is 5.75 Å². The van der Waals surface area contributed by atoms with Gasteiger partial charge in [-0.2, -0.15) is 0 Å². The number of ether oxygens (including phenoxy) is 1. The molecule has 0 spiro atoms. The van der Waals surface area contributed by atoms with Crippen molar-refractivity contribution in [2.45, 2.75) is 24.8 Å². The molecule has 2 N–H and O–H groups in total. The van der Waals surface area contributed by atoms with Gasteiger partial charge in [0, 0.05) is 0 Å². The first-order chi connectivity index (χ1) is 6.70. The highest BCUT2D eigenvalue weighted by molar-refractivity contribution is 6.32. The van der Waals surface area contributed by atoms with Crippen LogP contribution in [0.25, 0.3) is 0 Å². The van der Waals surface area contributed by atoms with Gasteiger partial charge < -0.3 is 10.5 Å². The van der Waals surface area contributed by atoms with Crippen LogP contribution in [0, 0.1) is 0 Å². The monoisotopic (exact) mass is 211 g/mol. The molecule has 14 heavy (non-hydrogen) atoms. The summed E-state index contributed by atoms with van der Waals surface area (Å²) in [4.78, 5) is 0. The van der Waals surface area contributed by atoms with Gasteiger partial charge in [0.2, 0.25) is 0 Å². The highest BCUT2D eigenvalue weighted by Gasteiger charge is 2.33. The van der Waals surface area contributed by atoms with Gasteiger partial charge in [-0.15, -0.1) is 0 Å². The predicted molar refractivity (Wildman–Crippen MR) is 57.7 cm³/mol. The van der Waals surface area contributed by atoms with Crippen LogP contribution >= 0.6 is 11.6 Å². The second-order valence-corrected chi connectivity index (χ2v) is 4.34. The molecule has 0 unspecified atom stereocenters. The molecule has 0 amide bonds. The highest BCUT2D eigenvalue weighted by Crippen LogP contribution is 2.31. The molecule has 0 saturated heterocycles. The van der Waals surface area contributed by atoms with Gasteiger partial charge in [0.15, 0.2) is 0 Å². The highest BCUT2D eigenvalue weighted by atomic mass is 35.5. The third-order valence-electron chi connectivity index (χ3n) is 2.70. The van der Waals surface area contributed by atoms with E-state index < -0.39 is 0 Å². The second-order valence-electron chi connectivity index (χ2n) is 3.94. The van der Waals surface area contributed by atoms with E-state index in [1.807, 2.05) is 24.3 Å². The van der Waals surface area contributed by atoms with E-state index in [0.717, 1.165) is 18.6 Å². The molecule has 0 aliphatic heterocycles. The second kappa shape index (κ2) is 3.79. The normalized spacial score (nSPS) is 18.7. The molecule has 0 radical (unpaired) electrons. The Morgan fingerprint density at radius 2 is 2.07 bits per heavy atom. The summed E-state index contributed by atoms with van der Waals surface area (Å²) in [5, 5.41) is 0.649. The maximum Gasteiger partial charge on any atom is 0.137 e. The molecule has 1 fully saturated rings. The first-order valence-electron chi connectivity index (χ1n) is 4.86. The minimum absolute atomic E-state index is 0.112. The van der Waals surface area contributed by atoms with Crippen LogP contribution in [0.4, 0.5) is 0 Å². The number of nitrogens with two attached hydrogens (primary N) is 1. The smallest absolute Gasteiger partial charge is 0.137 e. The molecular weight excluding hydrogens is 198 g/mol. The quantitative estimate of drug-likeness (QED) is 0.834. The van der Waals surface area contributed by atoms with Crippen molar-refractivity contribution >= 4 is 11.6 Å². The average molecular weight is 212 g/mol. The molecule has 1 aromatic carbocycles. The van der Waals surface area contributed by atoms with Crippen LogP contribution in [0.1, 0.15) is 19.3 Å². The molecule has 1 aromatic rings. The standard InChI is InChI=1S/C11H14ClNO/c12-9-4-1-2-5-10(9)14-8-11(13)6-3-7-11/h1-2,4-5H,3,6-8,13H2. The molecule has 76 valence electrons. The van der Waals surface area contributed by atoms with Gasteiger partial charge in [0.1, 0.15) is 12.4 Å². The minimum Gasteiger partial charge on any atom is -0.490 e. The van der Waals surface area contributed by atoms with E-state index in [1.165, 1.54) is 6.42 Å². The lowest BCUT2D eigenvalue weighted by Gasteiger charge is -2.37. The summed E-state index contributed by atoms with van der Waals surface area (Å²) in [5.74, 6) is 0.728. The van der Waals surface area contributed by atoms with Crippen molar-refractivity contribution in [1.82, 2.24) is 0 Å². The third-order valence-corrected chi connectivity index (χ3v) is 3.01. The summed E-state index contributed by atoms with van der Waals surface area (Å²) >= 11 is 5.95.